The number of hydrogen-bond donors (Lipinski definition) is 1. The normalized spacial score (nSPS) is 10.3. The maximum absolute atomic E-state index is 12.4. The van der Waals surface area contributed by atoms with Crippen LogP contribution in [0.1, 0.15) is 20.7 Å². The van der Waals surface area contributed by atoms with Gasteiger partial charge in [-0.15, -0.1) is 0 Å². The van der Waals surface area contributed by atoms with Crippen LogP contribution in [0.25, 0.3) is 11.1 Å². The Labute approximate surface area is 140 Å². The van der Waals surface area contributed by atoms with Gasteiger partial charge >= 0.3 is 0 Å². The molecule has 1 heterocycles. The molecule has 0 saturated carbocycles. The van der Waals surface area contributed by atoms with Gasteiger partial charge in [0.25, 0.3) is 5.91 Å². The van der Waals surface area contributed by atoms with Gasteiger partial charge < -0.3 is 5.73 Å². The highest BCUT2D eigenvalue weighted by Crippen LogP contribution is 2.19. The molecule has 0 aliphatic carbocycles. The lowest BCUT2D eigenvalue weighted by Crippen LogP contribution is -2.38. The van der Waals surface area contributed by atoms with Crippen molar-refractivity contribution in [3.8, 4) is 11.1 Å². The Balaban J connectivity index is 1.76. The van der Waals surface area contributed by atoms with E-state index in [1.54, 1.807) is 29.1 Å². The number of rotatable bonds is 5. The Morgan fingerprint density at radius 3 is 2.12 bits per heavy atom. The summed E-state index contributed by atoms with van der Waals surface area (Å²) in [5, 5.41) is 0. The molecule has 2 N–H and O–H groups in total. The van der Waals surface area contributed by atoms with Crippen LogP contribution >= 0.6 is 0 Å². The summed E-state index contributed by atoms with van der Waals surface area (Å²) in [6, 6.07) is 20.8. The fourth-order valence-electron chi connectivity index (χ4n) is 2.50. The van der Waals surface area contributed by atoms with Crippen LogP contribution in [0.3, 0.4) is 0 Å². The monoisotopic (exact) mass is 317 g/mol. The van der Waals surface area contributed by atoms with Crippen LogP contribution in [-0.2, 0) is 6.54 Å². The smallest absolute Gasteiger partial charge is 0.254 e. The van der Waals surface area contributed by atoms with Gasteiger partial charge in [-0.2, -0.15) is 4.57 Å². The summed E-state index contributed by atoms with van der Waals surface area (Å²) < 4.78 is 1.66. The highest BCUT2D eigenvalue weighted by molar-refractivity contribution is 5.95. The largest absolute Gasteiger partial charge is 0.365 e. The third kappa shape index (κ3) is 3.55. The molecule has 0 radical (unpaired) electrons. The Bertz CT molecular complexity index is 872. The van der Waals surface area contributed by atoms with E-state index >= 15 is 0 Å². The second-order valence-corrected chi connectivity index (χ2v) is 5.50. The minimum absolute atomic E-state index is 0.0266. The molecule has 0 aliphatic rings. The molecule has 0 unspecified atom stereocenters. The fourth-order valence-corrected chi connectivity index (χ4v) is 2.50. The zero-order valence-corrected chi connectivity index (χ0v) is 13.1. The Hall–Kier alpha value is -3.27. The molecule has 118 valence electrons. The van der Waals surface area contributed by atoms with Crippen molar-refractivity contribution in [1.82, 2.24) is 0 Å². The third-order valence-electron chi connectivity index (χ3n) is 3.78. The van der Waals surface area contributed by atoms with Gasteiger partial charge in [-0.05, 0) is 17.2 Å². The van der Waals surface area contributed by atoms with Gasteiger partial charge in [-0.3, -0.25) is 9.59 Å². The summed E-state index contributed by atoms with van der Waals surface area (Å²) in [5.41, 5.74) is 8.45. The number of hydrogen-bond acceptors (Lipinski definition) is 2. The SMILES string of the molecule is NC(=O)c1ccc[n+](CC(=O)c2ccc(-c3ccccc3)cc2)c1. The topological polar surface area (TPSA) is 64.0 Å². The number of primary amides is 1. The van der Waals surface area contributed by atoms with Crippen LogP contribution in [-0.4, -0.2) is 11.7 Å². The average molecular weight is 317 g/mol. The van der Waals surface area contributed by atoms with Crippen molar-refractivity contribution in [3.63, 3.8) is 0 Å². The van der Waals surface area contributed by atoms with Crippen molar-refractivity contribution in [1.29, 1.82) is 0 Å². The van der Waals surface area contributed by atoms with E-state index in [1.165, 1.54) is 0 Å². The summed E-state index contributed by atoms with van der Waals surface area (Å²) in [6.07, 6.45) is 3.32. The summed E-state index contributed by atoms with van der Waals surface area (Å²) in [7, 11) is 0. The second kappa shape index (κ2) is 6.87. The second-order valence-electron chi connectivity index (χ2n) is 5.50. The molecule has 3 aromatic rings. The number of ketones is 1. The molecule has 0 spiro atoms. The molecule has 24 heavy (non-hydrogen) atoms. The van der Waals surface area contributed by atoms with Crippen molar-refractivity contribution >= 4 is 11.7 Å². The molecule has 4 heteroatoms. The summed E-state index contributed by atoms with van der Waals surface area (Å²) in [6.45, 7) is 0.159. The van der Waals surface area contributed by atoms with E-state index in [0.29, 0.717) is 11.1 Å². The first kappa shape index (κ1) is 15.6. The molecule has 4 nitrogen and oxygen atoms in total. The number of amides is 1. The van der Waals surface area contributed by atoms with Gasteiger partial charge in [0.05, 0.1) is 0 Å². The fraction of sp³-hybridized carbons (Fsp3) is 0.0500. The number of nitrogens with two attached hydrogens (primary N) is 1. The molecular formula is C20H17N2O2+. The van der Waals surface area contributed by atoms with E-state index in [9.17, 15) is 9.59 Å². The lowest BCUT2D eigenvalue weighted by atomic mass is 10.0. The standard InChI is InChI=1S/C20H16N2O2/c21-20(24)18-7-4-12-22(13-18)14-19(23)17-10-8-16(9-11-17)15-5-2-1-3-6-15/h1-13H,14H2,(H-,21,24)/p+1. The number of nitrogens with zero attached hydrogens (tertiary/aromatic N) is 1. The van der Waals surface area contributed by atoms with Gasteiger partial charge in [0, 0.05) is 11.6 Å². The van der Waals surface area contributed by atoms with Gasteiger partial charge in [0.15, 0.2) is 12.4 Å². The van der Waals surface area contributed by atoms with Crippen LogP contribution in [0.4, 0.5) is 0 Å². The first-order valence-corrected chi connectivity index (χ1v) is 7.61. The zero-order chi connectivity index (χ0) is 16.9. The summed E-state index contributed by atoms with van der Waals surface area (Å²) in [4.78, 5) is 23.6. The van der Waals surface area contributed by atoms with Crippen molar-refractivity contribution in [2.24, 2.45) is 5.73 Å². The zero-order valence-electron chi connectivity index (χ0n) is 13.1. The molecule has 0 saturated heterocycles. The predicted octanol–water partition coefficient (Wildman–Crippen LogP) is 2.62. The summed E-state index contributed by atoms with van der Waals surface area (Å²) >= 11 is 0. The highest BCUT2D eigenvalue weighted by Gasteiger charge is 2.14. The average Bonchev–Trinajstić information content (AvgIpc) is 2.63. The number of aromatic nitrogens is 1. The lowest BCUT2D eigenvalue weighted by Gasteiger charge is -2.03. The number of Topliss-reactive ketones (excluding diaryl/α,β-unsaturated/α-hetero) is 1. The molecule has 1 amide bonds. The van der Waals surface area contributed by atoms with Crippen molar-refractivity contribution < 1.29 is 14.2 Å². The molecule has 0 aliphatic heterocycles. The van der Waals surface area contributed by atoms with Gasteiger partial charge in [-0.1, -0.05) is 54.6 Å². The maximum Gasteiger partial charge on any atom is 0.254 e. The number of carbonyl (C=O) groups excluding carboxylic acids is 2. The first-order valence-electron chi connectivity index (χ1n) is 7.61. The van der Waals surface area contributed by atoms with E-state index in [2.05, 4.69) is 0 Å². The van der Waals surface area contributed by atoms with E-state index in [-0.39, 0.29) is 12.3 Å². The Morgan fingerprint density at radius 2 is 1.46 bits per heavy atom. The highest BCUT2D eigenvalue weighted by atomic mass is 16.1. The number of benzene rings is 2. The Kier molecular flexibility index (Phi) is 4.47. The van der Waals surface area contributed by atoms with Crippen LogP contribution in [0.15, 0.2) is 79.1 Å². The van der Waals surface area contributed by atoms with Crippen LogP contribution in [0.5, 0.6) is 0 Å². The molecule has 0 fully saturated rings. The minimum Gasteiger partial charge on any atom is -0.365 e. The van der Waals surface area contributed by atoms with E-state index in [0.717, 1.165) is 11.1 Å². The van der Waals surface area contributed by atoms with Gasteiger partial charge in [0.2, 0.25) is 12.3 Å². The van der Waals surface area contributed by atoms with Crippen LogP contribution in [0.2, 0.25) is 0 Å². The molecular weight excluding hydrogens is 300 g/mol. The quantitative estimate of drug-likeness (QED) is 0.581. The molecule has 1 aromatic heterocycles. The van der Waals surface area contributed by atoms with Gasteiger partial charge in [0.1, 0.15) is 5.56 Å². The number of pyridine rings is 1. The third-order valence-corrected chi connectivity index (χ3v) is 3.78. The van der Waals surface area contributed by atoms with E-state index in [4.69, 9.17) is 5.73 Å². The van der Waals surface area contributed by atoms with E-state index in [1.807, 2.05) is 54.6 Å². The lowest BCUT2D eigenvalue weighted by molar-refractivity contribution is -0.683. The molecule has 0 atom stereocenters. The van der Waals surface area contributed by atoms with Crippen molar-refractivity contribution in [2.45, 2.75) is 6.54 Å². The maximum atomic E-state index is 12.4. The Morgan fingerprint density at radius 1 is 0.792 bits per heavy atom. The summed E-state index contributed by atoms with van der Waals surface area (Å²) in [5.74, 6) is -0.537. The first-order chi connectivity index (χ1) is 11.6. The van der Waals surface area contributed by atoms with Crippen LogP contribution < -0.4 is 10.3 Å². The van der Waals surface area contributed by atoms with Crippen molar-refractivity contribution in [3.05, 3.63) is 90.3 Å². The molecule has 3 rings (SSSR count). The number of carbonyl (C=O) groups is 2. The minimum atomic E-state index is -0.510. The van der Waals surface area contributed by atoms with Crippen LogP contribution in [0, 0.1) is 0 Å². The van der Waals surface area contributed by atoms with Gasteiger partial charge in [-0.25, -0.2) is 0 Å². The van der Waals surface area contributed by atoms with Crippen molar-refractivity contribution in [2.75, 3.05) is 0 Å². The van der Waals surface area contributed by atoms with E-state index < -0.39 is 5.91 Å². The predicted molar refractivity (Wildman–Crippen MR) is 91.4 cm³/mol. The molecule has 2 aromatic carbocycles. The molecule has 0 bridgehead atoms.